The third-order valence-electron chi connectivity index (χ3n) is 4.97. The van der Waals surface area contributed by atoms with Crippen LogP contribution in [-0.2, 0) is 5.60 Å². The summed E-state index contributed by atoms with van der Waals surface area (Å²) in [6, 6.07) is 3.08. The summed E-state index contributed by atoms with van der Waals surface area (Å²) in [7, 11) is 0. The molecule has 1 aliphatic carbocycles. The van der Waals surface area contributed by atoms with Crippen molar-refractivity contribution >= 4 is 22.7 Å². The van der Waals surface area contributed by atoms with E-state index in [-0.39, 0.29) is 0 Å². The van der Waals surface area contributed by atoms with Gasteiger partial charge in [-0.1, -0.05) is 19.3 Å². The maximum absolute atomic E-state index is 13.6. The van der Waals surface area contributed by atoms with E-state index < -0.39 is 11.4 Å². The van der Waals surface area contributed by atoms with Gasteiger partial charge in [-0.15, -0.1) is 0 Å². The molecular weight excluding hydrogens is 347 g/mol. The average molecular weight is 370 g/mol. The van der Waals surface area contributed by atoms with E-state index in [1.54, 1.807) is 19.9 Å². The number of fused-ring (bicyclic) bond motifs is 1. The summed E-state index contributed by atoms with van der Waals surface area (Å²) in [5, 5.41) is 21.1. The Morgan fingerprint density at radius 2 is 1.96 bits per heavy atom. The minimum absolute atomic E-state index is 0.291. The summed E-state index contributed by atoms with van der Waals surface area (Å²) < 4.78 is 13.6. The fourth-order valence-corrected chi connectivity index (χ4v) is 3.48. The zero-order valence-corrected chi connectivity index (χ0v) is 15.5. The van der Waals surface area contributed by atoms with Crippen LogP contribution in [0.4, 0.5) is 16.0 Å². The Hall–Kier alpha value is -2.61. The quantitative estimate of drug-likeness (QED) is 0.644. The van der Waals surface area contributed by atoms with E-state index in [9.17, 15) is 9.50 Å². The van der Waals surface area contributed by atoms with Crippen molar-refractivity contribution in [1.29, 1.82) is 0 Å². The molecule has 0 saturated heterocycles. The van der Waals surface area contributed by atoms with Gasteiger partial charge in [0.2, 0.25) is 0 Å². The summed E-state index contributed by atoms with van der Waals surface area (Å²) in [4.78, 5) is 13.3. The lowest BCUT2D eigenvalue weighted by Gasteiger charge is -2.24. The predicted molar refractivity (Wildman–Crippen MR) is 100 cm³/mol. The largest absolute Gasteiger partial charge is 0.384 e. The van der Waals surface area contributed by atoms with E-state index in [1.165, 1.54) is 25.3 Å². The Balaban J connectivity index is 1.73. The number of H-pyrrole nitrogens is 1. The number of anilines is 2. The molecule has 3 aromatic rings. The first-order valence-corrected chi connectivity index (χ1v) is 9.28. The van der Waals surface area contributed by atoms with Crippen molar-refractivity contribution in [2.45, 2.75) is 57.5 Å². The Kier molecular flexibility index (Phi) is 4.51. The highest BCUT2D eigenvalue weighted by Crippen LogP contribution is 2.33. The smallest absolute Gasteiger partial charge is 0.183 e. The minimum atomic E-state index is -1.09. The summed E-state index contributed by atoms with van der Waals surface area (Å²) in [6.07, 6.45) is 6.81. The van der Waals surface area contributed by atoms with Gasteiger partial charge in [-0.2, -0.15) is 5.10 Å². The number of pyridine rings is 1. The minimum Gasteiger partial charge on any atom is -0.384 e. The highest BCUT2D eigenvalue weighted by molar-refractivity contribution is 5.88. The lowest BCUT2D eigenvalue weighted by molar-refractivity contribution is 0.0733. The molecule has 1 saturated carbocycles. The first-order valence-electron chi connectivity index (χ1n) is 9.28. The second-order valence-electron chi connectivity index (χ2n) is 7.64. The van der Waals surface area contributed by atoms with Crippen molar-refractivity contribution in [3.8, 4) is 0 Å². The number of rotatable bonds is 4. The first kappa shape index (κ1) is 17.8. The lowest BCUT2D eigenvalue weighted by atomic mass is 9.88. The van der Waals surface area contributed by atoms with E-state index in [2.05, 4.69) is 30.5 Å². The topological polar surface area (TPSA) is 99.6 Å². The Bertz CT molecular complexity index is 958. The number of nitrogens with zero attached hydrogens (tertiary/aromatic N) is 4. The average Bonchev–Trinajstić information content (AvgIpc) is 3.03. The molecule has 1 aliphatic rings. The molecule has 0 unspecified atom stereocenters. The van der Waals surface area contributed by atoms with Crippen LogP contribution in [0.15, 0.2) is 18.3 Å². The van der Waals surface area contributed by atoms with Gasteiger partial charge in [0.05, 0.1) is 17.3 Å². The molecule has 142 valence electrons. The standard InChI is InChI=1S/C19H23FN6O/c1-19(2,27)14-9-15(23-16(22-14)11-6-4-3-5-7-11)24-18-13-8-12(20)10-21-17(13)25-26-18/h8-11,27H,3-7H2,1-2H3,(H2,21,22,23,24,25,26). The van der Waals surface area contributed by atoms with E-state index >= 15 is 0 Å². The van der Waals surface area contributed by atoms with Crippen LogP contribution in [0.2, 0.25) is 0 Å². The predicted octanol–water partition coefficient (Wildman–Crippen LogP) is 3.91. The molecule has 0 aromatic carbocycles. The van der Waals surface area contributed by atoms with E-state index in [1.807, 2.05) is 0 Å². The zero-order chi connectivity index (χ0) is 19.0. The van der Waals surface area contributed by atoms with Gasteiger partial charge >= 0.3 is 0 Å². The fraction of sp³-hybridized carbons (Fsp3) is 0.474. The summed E-state index contributed by atoms with van der Waals surface area (Å²) in [6.45, 7) is 3.41. The van der Waals surface area contributed by atoms with Gasteiger partial charge < -0.3 is 10.4 Å². The van der Waals surface area contributed by atoms with Crippen LogP contribution in [0.3, 0.4) is 0 Å². The molecule has 3 N–H and O–H groups in total. The molecule has 0 spiro atoms. The highest BCUT2D eigenvalue weighted by atomic mass is 19.1. The van der Waals surface area contributed by atoms with Gasteiger partial charge in [0.15, 0.2) is 5.65 Å². The number of hydrogen-bond acceptors (Lipinski definition) is 6. The molecule has 8 heteroatoms. The van der Waals surface area contributed by atoms with Gasteiger partial charge in [0.25, 0.3) is 0 Å². The van der Waals surface area contributed by atoms with Crippen molar-refractivity contribution in [2.75, 3.05) is 5.32 Å². The Labute approximate surface area is 156 Å². The Morgan fingerprint density at radius 1 is 1.19 bits per heavy atom. The molecule has 4 rings (SSSR count). The molecule has 27 heavy (non-hydrogen) atoms. The van der Waals surface area contributed by atoms with Crippen LogP contribution >= 0.6 is 0 Å². The molecule has 0 atom stereocenters. The second-order valence-corrected chi connectivity index (χ2v) is 7.64. The van der Waals surface area contributed by atoms with Crippen molar-refractivity contribution in [2.24, 2.45) is 0 Å². The molecule has 3 aromatic heterocycles. The molecule has 0 amide bonds. The SMILES string of the molecule is CC(C)(O)c1cc(Nc2[nH]nc3ncc(F)cc23)nc(C2CCCCC2)n1. The second kappa shape index (κ2) is 6.84. The van der Waals surface area contributed by atoms with Crippen LogP contribution in [0, 0.1) is 5.82 Å². The van der Waals surface area contributed by atoms with Crippen molar-refractivity contribution in [3.05, 3.63) is 35.7 Å². The van der Waals surface area contributed by atoms with Gasteiger partial charge in [-0.3, -0.25) is 5.10 Å². The third-order valence-corrected chi connectivity index (χ3v) is 4.97. The molecule has 0 bridgehead atoms. The lowest BCUT2D eigenvalue weighted by Crippen LogP contribution is -2.21. The van der Waals surface area contributed by atoms with Crippen molar-refractivity contribution in [3.63, 3.8) is 0 Å². The van der Waals surface area contributed by atoms with E-state index in [0.717, 1.165) is 24.9 Å². The first-order chi connectivity index (χ1) is 12.9. The van der Waals surface area contributed by atoms with Gasteiger partial charge in [0.1, 0.15) is 28.9 Å². The third kappa shape index (κ3) is 3.75. The molecule has 1 fully saturated rings. The maximum atomic E-state index is 13.6. The van der Waals surface area contributed by atoms with Crippen molar-refractivity contribution < 1.29 is 9.50 Å². The number of hydrogen-bond donors (Lipinski definition) is 3. The number of aromatic amines is 1. The summed E-state index contributed by atoms with van der Waals surface area (Å²) in [5.74, 6) is 1.64. The van der Waals surface area contributed by atoms with Gasteiger partial charge in [-0.25, -0.2) is 19.3 Å². The van der Waals surface area contributed by atoms with Crippen LogP contribution in [0.1, 0.15) is 63.4 Å². The molecular formula is C19H23FN6O. The van der Waals surface area contributed by atoms with E-state index in [0.29, 0.717) is 34.3 Å². The van der Waals surface area contributed by atoms with Crippen LogP contribution in [0.5, 0.6) is 0 Å². The van der Waals surface area contributed by atoms with Crippen LogP contribution in [-0.4, -0.2) is 30.3 Å². The molecule has 3 heterocycles. The molecule has 7 nitrogen and oxygen atoms in total. The highest BCUT2D eigenvalue weighted by Gasteiger charge is 2.24. The fourth-order valence-electron chi connectivity index (χ4n) is 3.48. The normalized spacial score (nSPS) is 16.0. The number of nitrogens with one attached hydrogen (secondary N) is 2. The molecule has 0 radical (unpaired) electrons. The van der Waals surface area contributed by atoms with Crippen LogP contribution in [0.25, 0.3) is 11.0 Å². The maximum Gasteiger partial charge on any atom is 0.183 e. The summed E-state index contributed by atoms with van der Waals surface area (Å²) >= 11 is 0. The number of aromatic nitrogens is 5. The van der Waals surface area contributed by atoms with Crippen LogP contribution < -0.4 is 5.32 Å². The van der Waals surface area contributed by atoms with Gasteiger partial charge in [0, 0.05) is 12.0 Å². The summed E-state index contributed by atoms with van der Waals surface area (Å²) in [5.41, 5.74) is -0.121. The zero-order valence-electron chi connectivity index (χ0n) is 15.5. The Morgan fingerprint density at radius 3 is 2.70 bits per heavy atom. The number of aliphatic hydroxyl groups is 1. The van der Waals surface area contributed by atoms with Gasteiger partial charge in [-0.05, 0) is 32.8 Å². The van der Waals surface area contributed by atoms with Crippen molar-refractivity contribution in [1.82, 2.24) is 25.1 Å². The number of halogens is 1. The molecule has 0 aliphatic heterocycles. The van der Waals surface area contributed by atoms with E-state index in [4.69, 9.17) is 0 Å². The monoisotopic (exact) mass is 370 g/mol.